The van der Waals surface area contributed by atoms with Crippen LogP contribution in [0, 0.1) is 0 Å². The van der Waals surface area contributed by atoms with Gasteiger partial charge in [-0.15, -0.1) is 22.7 Å². The molecule has 6 aromatic rings. The van der Waals surface area contributed by atoms with E-state index in [-0.39, 0.29) is 0 Å². The summed E-state index contributed by atoms with van der Waals surface area (Å²) in [7, 11) is 0. The van der Waals surface area contributed by atoms with Gasteiger partial charge in [-0.3, -0.25) is 0 Å². The molecule has 0 saturated heterocycles. The number of unbranched alkanes of at least 4 members (excludes halogenated alkanes) is 10. The molecule has 0 N–H and O–H groups in total. The first-order valence-corrected chi connectivity index (χ1v) is 22.1. The summed E-state index contributed by atoms with van der Waals surface area (Å²) >= 11 is 10.9. The number of rotatable bonds is 20. The zero-order chi connectivity index (χ0) is 36.1. The molecule has 272 valence electrons. The average molecular weight is 861 g/mol. The van der Waals surface area contributed by atoms with Crippen LogP contribution in [0.4, 0.5) is 0 Å². The van der Waals surface area contributed by atoms with Crippen LogP contribution in [0.3, 0.4) is 0 Å². The topological polar surface area (TPSA) is 44.2 Å². The zero-order valence-electron chi connectivity index (χ0n) is 30.3. The van der Waals surface area contributed by atoms with E-state index in [2.05, 4.69) is 119 Å². The van der Waals surface area contributed by atoms with Crippen LogP contribution in [0.1, 0.15) is 90.9 Å². The Labute approximate surface area is 334 Å². The summed E-state index contributed by atoms with van der Waals surface area (Å²) in [6.07, 6.45) is 14.3. The van der Waals surface area contributed by atoms with Crippen LogP contribution >= 0.6 is 54.5 Å². The zero-order valence-corrected chi connectivity index (χ0v) is 35.1. The minimum Gasteiger partial charge on any atom is -0.489 e. The number of aromatic nitrogens is 2. The second kappa shape index (κ2) is 19.9. The molecule has 52 heavy (non-hydrogen) atoms. The van der Waals surface area contributed by atoms with Gasteiger partial charge in [0.2, 0.25) is 0 Å². The number of nitrogens with zero attached hydrogens (tertiary/aromatic N) is 2. The summed E-state index contributed by atoms with van der Waals surface area (Å²) < 4.78 is 16.1. The van der Waals surface area contributed by atoms with Crippen molar-refractivity contribution in [3.63, 3.8) is 0 Å². The molecule has 0 radical (unpaired) electrons. The van der Waals surface area contributed by atoms with Crippen molar-refractivity contribution < 1.29 is 9.47 Å². The van der Waals surface area contributed by atoms with Crippen molar-refractivity contribution >= 4 is 65.6 Å². The van der Waals surface area contributed by atoms with Crippen LogP contribution in [0.2, 0.25) is 0 Å². The summed E-state index contributed by atoms with van der Waals surface area (Å²) in [6, 6.07) is 29.4. The maximum atomic E-state index is 6.98. The molecular formula is C44H48Br2N2O2S2. The molecule has 0 amide bonds. The van der Waals surface area contributed by atoms with Crippen LogP contribution in [0.15, 0.2) is 92.5 Å². The first kappa shape index (κ1) is 38.7. The van der Waals surface area contributed by atoms with Gasteiger partial charge in [0.1, 0.15) is 11.0 Å². The number of thiophene rings is 2. The van der Waals surface area contributed by atoms with Gasteiger partial charge in [-0.1, -0.05) is 139 Å². The SMILES string of the molecule is CCCCCCCCOc1c(OCCCCCCCC)c(-c2ccc(Br)s2)c2nc(-c3ccccc3)c(-c3ccccc3)nc2c1-c1ccc(Br)s1. The van der Waals surface area contributed by atoms with Gasteiger partial charge < -0.3 is 9.47 Å². The molecule has 6 rings (SSSR count). The van der Waals surface area contributed by atoms with Gasteiger partial charge in [-0.25, -0.2) is 9.97 Å². The minimum absolute atomic E-state index is 0.610. The summed E-state index contributed by atoms with van der Waals surface area (Å²) in [5.41, 5.74) is 7.25. The Bertz CT molecular complexity index is 1870. The number of ether oxygens (including phenoxy) is 2. The number of hydrogen-bond donors (Lipinski definition) is 0. The third-order valence-electron chi connectivity index (χ3n) is 9.25. The Morgan fingerprint density at radius 3 is 1.23 bits per heavy atom. The van der Waals surface area contributed by atoms with Gasteiger partial charge in [0, 0.05) is 20.9 Å². The standard InChI is InChI=1S/C44H48Br2N2O2S2/c1-3-5-7-9-11-19-29-49-43-37(33-25-27-35(45)51-33)41-42(38(34-26-28-36(46)52-34)44(43)50-30-20-12-10-8-6-4-2)48-40(32-23-17-14-18-24-32)39(47-41)31-21-15-13-16-22-31/h13-18,21-28H,3-12,19-20,29-30H2,1-2H3. The summed E-state index contributed by atoms with van der Waals surface area (Å²) in [6.45, 7) is 5.75. The van der Waals surface area contributed by atoms with E-state index in [4.69, 9.17) is 19.4 Å². The predicted octanol–water partition coefficient (Wildman–Crippen LogP) is 15.4. The van der Waals surface area contributed by atoms with Crippen molar-refractivity contribution in [2.45, 2.75) is 90.9 Å². The lowest BCUT2D eigenvalue weighted by molar-refractivity contribution is 0.260. The molecule has 0 aliphatic heterocycles. The van der Waals surface area contributed by atoms with Crippen LogP contribution in [0.5, 0.6) is 11.5 Å². The second-order valence-electron chi connectivity index (χ2n) is 13.2. The highest BCUT2D eigenvalue weighted by atomic mass is 79.9. The van der Waals surface area contributed by atoms with Crippen molar-refractivity contribution in [2.75, 3.05) is 13.2 Å². The molecule has 3 heterocycles. The quantitative estimate of drug-likeness (QED) is 0.0718. The fourth-order valence-electron chi connectivity index (χ4n) is 6.56. The van der Waals surface area contributed by atoms with Crippen LogP contribution in [-0.4, -0.2) is 23.2 Å². The summed E-state index contributed by atoms with van der Waals surface area (Å²) in [4.78, 5) is 13.3. The van der Waals surface area contributed by atoms with E-state index in [1.165, 1.54) is 51.4 Å². The van der Waals surface area contributed by atoms with E-state index in [1.807, 2.05) is 12.1 Å². The van der Waals surface area contributed by atoms with Gasteiger partial charge >= 0.3 is 0 Å². The molecule has 0 unspecified atom stereocenters. The van der Waals surface area contributed by atoms with E-state index >= 15 is 0 Å². The highest BCUT2D eigenvalue weighted by Gasteiger charge is 2.29. The smallest absolute Gasteiger partial charge is 0.172 e. The van der Waals surface area contributed by atoms with E-state index in [9.17, 15) is 0 Å². The maximum absolute atomic E-state index is 6.98. The fraction of sp³-hybridized carbons (Fsp3) is 0.364. The first-order chi connectivity index (χ1) is 25.6. The van der Waals surface area contributed by atoms with E-state index in [0.29, 0.717) is 13.2 Å². The average Bonchev–Trinajstić information content (AvgIpc) is 3.81. The first-order valence-electron chi connectivity index (χ1n) is 18.9. The van der Waals surface area contributed by atoms with Gasteiger partial charge in [-0.05, 0) is 69.0 Å². The van der Waals surface area contributed by atoms with Crippen molar-refractivity contribution in [1.29, 1.82) is 0 Å². The van der Waals surface area contributed by atoms with E-state index in [0.717, 1.165) is 99.2 Å². The number of hydrogen-bond acceptors (Lipinski definition) is 6. The summed E-state index contributed by atoms with van der Waals surface area (Å²) in [5.74, 6) is 1.53. The highest BCUT2D eigenvalue weighted by Crippen LogP contribution is 2.54. The molecule has 0 atom stereocenters. The van der Waals surface area contributed by atoms with Crippen molar-refractivity contribution in [3.05, 3.63) is 92.5 Å². The van der Waals surface area contributed by atoms with Crippen LogP contribution in [-0.2, 0) is 0 Å². The van der Waals surface area contributed by atoms with Crippen LogP contribution in [0.25, 0.3) is 54.4 Å². The molecular weight excluding hydrogens is 812 g/mol. The Morgan fingerprint density at radius 1 is 0.481 bits per heavy atom. The van der Waals surface area contributed by atoms with E-state index in [1.54, 1.807) is 22.7 Å². The predicted molar refractivity (Wildman–Crippen MR) is 230 cm³/mol. The second-order valence-corrected chi connectivity index (χ2v) is 18.1. The Kier molecular flexibility index (Phi) is 14.8. The third kappa shape index (κ3) is 9.73. The van der Waals surface area contributed by atoms with E-state index < -0.39 is 0 Å². The monoisotopic (exact) mass is 858 g/mol. The Balaban J connectivity index is 1.59. The lowest BCUT2D eigenvalue weighted by Gasteiger charge is -2.22. The Morgan fingerprint density at radius 2 is 0.865 bits per heavy atom. The van der Waals surface area contributed by atoms with Gasteiger partial charge in [-0.2, -0.15) is 0 Å². The number of fused-ring (bicyclic) bond motifs is 1. The molecule has 4 nitrogen and oxygen atoms in total. The molecule has 0 spiro atoms. The third-order valence-corrected chi connectivity index (χ3v) is 12.5. The molecule has 0 aliphatic carbocycles. The number of halogens is 2. The normalized spacial score (nSPS) is 11.4. The van der Waals surface area contributed by atoms with Crippen molar-refractivity contribution in [3.8, 4) is 54.9 Å². The van der Waals surface area contributed by atoms with Gasteiger partial charge in [0.25, 0.3) is 0 Å². The molecule has 3 aromatic carbocycles. The maximum Gasteiger partial charge on any atom is 0.172 e. The van der Waals surface area contributed by atoms with Gasteiger partial charge in [0.05, 0.1) is 43.3 Å². The van der Waals surface area contributed by atoms with Gasteiger partial charge in [0.15, 0.2) is 11.5 Å². The molecule has 0 aliphatic rings. The van der Waals surface area contributed by atoms with Crippen molar-refractivity contribution in [1.82, 2.24) is 9.97 Å². The molecule has 3 aromatic heterocycles. The fourth-order valence-corrected chi connectivity index (χ4v) is 9.42. The molecule has 0 bridgehead atoms. The summed E-state index contributed by atoms with van der Waals surface area (Å²) in [5, 5.41) is 0. The molecule has 0 fully saturated rings. The lowest BCUT2D eigenvalue weighted by Crippen LogP contribution is -2.08. The molecule has 0 saturated carbocycles. The number of benzene rings is 3. The highest BCUT2D eigenvalue weighted by molar-refractivity contribution is 9.11. The molecule has 8 heteroatoms. The lowest BCUT2D eigenvalue weighted by atomic mass is 9.99. The minimum atomic E-state index is 0.610. The van der Waals surface area contributed by atoms with Crippen LogP contribution < -0.4 is 9.47 Å². The largest absolute Gasteiger partial charge is 0.489 e. The van der Waals surface area contributed by atoms with Crippen molar-refractivity contribution in [2.24, 2.45) is 0 Å². The Hall–Kier alpha value is -3.04.